The molecule has 2 rings (SSSR count). The lowest BCUT2D eigenvalue weighted by atomic mass is 9.95. The minimum Gasteiger partial charge on any atom is -0.288 e. The number of ketones is 1. The number of halogens is 3. The largest absolute Gasteiger partial charge is 0.288 e. The highest BCUT2D eigenvalue weighted by Gasteiger charge is 2.22. The molecule has 0 spiro atoms. The SMILES string of the molecule is CC(C)(C)c1ccc(C(=O)c2cc(F)c(Cl)cc2F)s1. The van der Waals surface area contributed by atoms with E-state index in [4.69, 9.17) is 11.6 Å². The molecule has 1 aromatic heterocycles. The minimum atomic E-state index is -0.813. The first-order valence-corrected chi connectivity index (χ1v) is 7.19. The molecule has 0 amide bonds. The van der Waals surface area contributed by atoms with Crippen molar-refractivity contribution in [3.05, 3.63) is 56.2 Å². The first kappa shape index (κ1) is 15.1. The van der Waals surface area contributed by atoms with Crippen molar-refractivity contribution in [2.75, 3.05) is 0 Å². The van der Waals surface area contributed by atoms with Crippen LogP contribution in [0.5, 0.6) is 0 Å². The third-order valence-corrected chi connectivity index (χ3v) is 4.62. The lowest BCUT2D eigenvalue weighted by Crippen LogP contribution is -2.08. The topological polar surface area (TPSA) is 17.1 Å². The van der Waals surface area contributed by atoms with E-state index in [1.807, 2.05) is 26.8 Å². The Bertz CT molecular complexity index is 671. The molecule has 0 fully saturated rings. The lowest BCUT2D eigenvalue weighted by molar-refractivity contribution is 0.103. The second-order valence-electron chi connectivity index (χ2n) is 5.49. The van der Waals surface area contributed by atoms with E-state index in [0.29, 0.717) is 4.88 Å². The molecule has 1 aromatic carbocycles. The molecule has 20 heavy (non-hydrogen) atoms. The summed E-state index contributed by atoms with van der Waals surface area (Å²) in [7, 11) is 0. The zero-order valence-electron chi connectivity index (χ0n) is 11.3. The third-order valence-electron chi connectivity index (χ3n) is 2.82. The molecule has 0 unspecified atom stereocenters. The molecule has 2 aromatic rings. The Morgan fingerprint density at radius 2 is 1.80 bits per heavy atom. The Morgan fingerprint density at radius 3 is 2.35 bits per heavy atom. The molecular formula is C15H13ClF2OS. The normalized spacial score (nSPS) is 11.7. The maximum atomic E-state index is 13.7. The summed E-state index contributed by atoms with van der Waals surface area (Å²) in [6.07, 6.45) is 0. The molecule has 0 aliphatic rings. The number of carbonyl (C=O) groups is 1. The standard InChI is InChI=1S/C15H13ClF2OS/c1-15(2,3)13-5-4-12(20-13)14(19)8-6-11(18)9(16)7-10(8)17/h4-7H,1-3H3. The summed E-state index contributed by atoms with van der Waals surface area (Å²) < 4.78 is 27.1. The highest BCUT2D eigenvalue weighted by Crippen LogP contribution is 2.31. The second kappa shape index (κ2) is 5.26. The number of thiophene rings is 1. The van der Waals surface area contributed by atoms with E-state index in [-0.39, 0.29) is 16.0 Å². The van der Waals surface area contributed by atoms with E-state index in [1.54, 1.807) is 6.07 Å². The van der Waals surface area contributed by atoms with E-state index < -0.39 is 17.4 Å². The fourth-order valence-electron chi connectivity index (χ4n) is 1.69. The van der Waals surface area contributed by atoms with Gasteiger partial charge in [-0.2, -0.15) is 0 Å². The van der Waals surface area contributed by atoms with Crippen molar-refractivity contribution in [1.82, 2.24) is 0 Å². The van der Waals surface area contributed by atoms with Gasteiger partial charge in [0.15, 0.2) is 0 Å². The van der Waals surface area contributed by atoms with Gasteiger partial charge in [-0.05, 0) is 29.7 Å². The zero-order valence-corrected chi connectivity index (χ0v) is 12.8. The van der Waals surface area contributed by atoms with Gasteiger partial charge in [0.05, 0.1) is 15.5 Å². The molecule has 0 bridgehead atoms. The van der Waals surface area contributed by atoms with Gasteiger partial charge in [0, 0.05) is 4.88 Å². The van der Waals surface area contributed by atoms with Crippen LogP contribution in [-0.2, 0) is 5.41 Å². The van der Waals surface area contributed by atoms with Crippen LogP contribution in [-0.4, -0.2) is 5.78 Å². The van der Waals surface area contributed by atoms with Gasteiger partial charge >= 0.3 is 0 Å². The van der Waals surface area contributed by atoms with Crippen LogP contribution in [0, 0.1) is 11.6 Å². The average molecular weight is 315 g/mol. The fourth-order valence-corrected chi connectivity index (χ4v) is 2.86. The van der Waals surface area contributed by atoms with Crippen molar-refractivity contribution in [3.8, 4) is 0 Å². The minimum absolute atomic E-state index is 0.0903. The highest BCUT2D eigenvalue weighted by molar-refractivity contribution is 7.14. The monoisotopic (exact) mass is 314 g/mol. The summed E-state index contributed by atoms with van der Waals surface area (Å²) in [5.41, 5.74) is -0.387. The molecule has 0 N–H and O–H groups in total. The number of hydrogen-bond acceptors (Lipinski definition) is 2. The summed E-state index contributed by atoms with van der Waals surface area (Å²) in [5.74, 6) is -2.14. The molecular weight excluding hydrogens is 302 g/mol. The van der Waals surface area contributed by atoms with E-state index in [1.165, 1.54) is 11.3 Å². The fraction of sp³-hybridized carbons (Fsp3) is 0.267. The van der Waals surface area contributed by atoms with E-state index in [9.17, 15) is 13.6 Å². The van der Waals surface area contributed by atoms with Crippen LogP contribution in [0.15, 0.2) is 24.3 Å². The van der Waals surface area contributed by atoms with Gasteiger partial charge in [0.25, 0.3) is 0 Å². The predicted molar refractivity (Wildman–Crippen MR) is 77.8 cm³/mol. The van der Waals surface area contributed by atoms with Crippen molar-refractivity contribution in [3.63, 3.8) is 0 Å². The molecule has 0 aliphatic heterocycles. The second-order valence-corrected chi connectivity index (χ2v) is 6.98. The number of rotatable bonds is 2. The summed E-state index contributed by atoms with van der Waals surface area (Å²) >= 11 is 6.77. The molecule has 106 valence electrons. The molecule has 0 radical (unpaired) electrons. The van der Waals surface area contributed by atoms with Crippen molar-refractivity contribution >= 4 is 28.7 Å². The first-order chi connectivity index (χ1) is 9.20. The maximum absolute atomic E-state index is 13.7. The zero-order chi connectivity index (χ0) is 15.1. The van der Waals surface area contributed by atoms with E-state index >= 15 is 0 Å². The van der Waals surface area contributed by atoms with Gasteiger partial charge in [-0.1, -0.05) is 32.4 Å². The molecule has 0 atom stereocenters. The quantitative estimate of drug-likeness (QED) is 0.549. The van der Waals surface area contributed by atoms with E-state index in [0.717, 1.165) is 17.0 Å². The summed E-state index contributed by atoms with van der Waals surface area (Å²) in [6.45, 7) is 6.07. The van der Waals surface area contributed by atoms with Gasteiger partial charge < -0.3 is 0 Å². The Kier molecular flexibility index (Phi) is 3.98. The van der Waals surface area contributed by atoms with Crippen LogP contribution in [0.2, 0.25) is 5.02 Å². The van der Waals surface area contributed by atoms with Crippen LogP contribution in [0.25, 0.3) is 0 Å². The van der Waals surface area contributed by atoms with Gasteiger partial charge in [0.1, 0.15) is 11.6 Å². The Morgan fingerprint density at radius 1 is 1.15 bits per heavy atom. The van der Waals surface area contributed by atoms with Crippen molar-refractivity contribution in [2.45, 2.75) is 26.2 Å². The predicted octanol–water partition coefficient (Wildman–Crippen LogP) is 5.21. The number of carbonyl (C=O) groups excluding carboxylic acids is 1. The summed E-state index contributed by atoms with van der Waals surface area (Å²) in [5, 5.41) is -0.333. The molecule has 0 aliphatic carbocycles. The average Bonchev–Trinajstić information content (AvgIpc) is 2.82. The first-order valence-electron chi connectivity index (χ1n) is 5.99. The van der Waals surface area contributed by atoms with Crippen LogP contribution in [0.3, 0.4) is 0 Å². The smallest absolute Gasteiger partial charge is 0.206 e. The van der Waals surface area contributed by atoms with Crippen LogP contribution in [0.4, 0.5) is 8.78 Å². The highest BCUT2D eigenvalue weighted by atomic mass is 35.5. The van der Waals surface area contributed by atoms with Gasteiger partial charge in [-0.25, -0.2) is 8.78 Å². The number of hydrogen-bond donors (Lipinski definition) is 0. The maximum Gasteiger partial charge on any atom is 0.206 e. The molecule has 0 saturated carbocycles. The lowest BCUT2D eigenvalue weighted by Gasteiger charge is -2.15. The van der Waals surface area contributed by atoms with Gasteiger partial charge in [-0.3, -0.25) is 4.79 Å². The van der Waals surface area contributed by atoms with Crippen LogP contribution < -0.4 is 0 Å². The summed E-state index contributed by atoms with van der Waals surface area (Å²) in [6, 6.07) is 5.14. The van der Waals surface area contributed by atoms with Crippen molar-refractivity contribution in [1.29, 1.82) is 0 Å². The molecule has 1 nitrogen and oxygen atoms in total. The van der Waals surface area contributed by atoms with Crippen molar-refractivity contribution < 1.29 is 13.6 Å². The molecule has 5 heteroatoms. The van der Waals surface area contributed by atoms with Crippen LogP contribution in [0.1, 0.15) is 40.9 Å². The Labute approximate surface area is 125 Å². The van der Waals surface area contributed by atoms with Gasteiger partial charge in [0.2, 0.25) is 5.78 Å². The molecule has 0 saturated heterocycles. The van der Waals surface area contributed by atoms with E-state index in [2.05, 4.69) is 0 Å². The summed E-state index contributed by atoms with van der Waals surface area (Å²) in [4.78, 5) is 13.6. The Balaban J connectivity index is 2.42. The molecule has 1 heterocycles. The van der Waals surface area contributed by atoms with Crippen molar-refractivity contribution in [2.24, 2.45) is 0 Å². The Hall–Kier alpha value is -1.26. The van der Waals surface area contributed by atoms with Gasteiger partial charge in [-0.15, -0.1) is 11.3 Å². The number of benzene rings is 1. The third kappa shape index (κ3) is 2.91. The van der Waals surface area contributed by atoms with Crippen LogP contribution >= 0.6 is 22.9 Å².